The van der Waals surface area contributed by atoms with Crippen LogP contribution in [0.5, 0.6) is 0 Å². The van der Waals surface area contributed by atoms with Gasteiger partial charge in [-0.2, -0.15) is 5.26 Å². The number of nitrogens with zero attached hydrogens (tertiary/aromatic N) is 2. The predicted octanol–water partition coefficient (Wildman–Crippen LogP) is 2.01. The molecule has 5 N–H and O–H groups in total. The predicted molar refractivity (Wildman–Crippen MR) is 101 cm³/mol. The largest absolute Gasteiger partial charge is 0.402 e. The highest BCUT2D eigenvalue weighted by Gasteiger charge is 2.25. The van der Waals surface area contributed by atoms with Crippen molar-refractivity contribution in [3.8, 4) is 6.07 Å². The number of amides is 1. The quantitative estimate of drug-likeness (QED) is 0.659. The van der Waals surface area contributed by atoms with Crippen molar-refractivity contribution in [3.63, 3.8) is 0 Å². The van der Waals surface area contributed by atoms with Crippen molar-refractivity contribution in [3.05, 3.63) is 52.7 Å². The molecule has 0 bridgehead atoms. The third-order valence-corrected chi connectivity index (χ3v) is 4.81. The van der Waals surface area contributed by atoms with Gasteiger partial charge in [0.1, 0.15) is 18.2 Å². The molecule has 1 aromatic rings. The summed E-state index contributed by atoms with van der Waals surface area (Å²) in [4.78, 5) is 13.3. The van der Waals surface area contributed by atoms with Crippen LogP contribution in [0.2, 0.25) is 0 Å². The Kier molecular flexibility index (Phi) is 7.52. The van der Waals surface area contributed by atoms with Crippen LogP contribution in [-0.4, -0.2) is 35.6 Å². The SMILES string of the molecule is N#CCCN(CC1CCCC(/C=C(\N)c2c(F)cccc2F)=C1N)C(=O)CO. The zero-order valence-corrected chi connectivity index (χ0v) is 15.5. The summed E-state index contributed by atoms with van der Waals surface area (Å²) in [5.74, 6) is -2.17. The lowest BCUT2D eigenvalue weighted by Crippen LogP contribution is -2.40. The molecule has 2 rings (SSSR count). The summed E-state index contributed by atoms with van der Waals surface area (Å²) >= 11 is 0. The highest BCUT2D eigenvalue weighted by Crippen LogP contribution is 2.30. The van der Waals surface area contributed by atoms with Crippen LogP contribution in [-0.2, 0) is 4.79 Å². The maximum Gasteiger partial charge on any atom is 0.248 e. The Balaban J connectivity index is 2.27. The van der Waals surface area contributed by atoms with Crippen LogP contribution < -0.4 is 11.5 Å². The van der Waals surface area contributed by atoms with Crippen LogP contribution in [0.1, 0.15) is 31.2 Å². The van der Waals surface area contributed by atoms with Gasteiger partial charge in [0.2, 0.25) is 5.91 Å². The summed E-state index contributed by atoms with van der Waals surface area (Å²) < 4.78 is 27.9. The van der Waals surface area contributed by atoms with Gasteiger partial charge in [0.15, 0.2) is 0 Å². The number of hydrogen-bond acceptors (Lipinski definition) is 5. The first-order valence-corrected chi connectivity index (χ1v) is 9.04. The Bertz CT molecular complexity index is 810. The van der Waals surface area contributed by atoms with Crippen molar-refractivity contribution >= 4 is 11.6 Å². The lowest BCUT2D eigenvalue weighted by molar-refractivity contribution is -0.134. The first-order valence-electron chi connectivity index (χ1n) is 9.04. The van der Waals surface area contributed by atoms with Crippen LogP contribution in [0.3, 0.4) is 0 Å². The lowest BCUT2D eigenvalue weighted by atomic mass is 9.86. The summed E-state index contributed by atoms with van der Waals surface area (Å²) in [7, 11) is 0. The van der Waals surface area contributed by atoms with Gasteiger partial charge < -0.3 is 21.5 Å². The third-order valence-electron chi connectivity index (χ3n) is 4.81. The van der Waals surface area contributed by atoms with Gasteiger partial charge >= 0.3 is 0 Å². The molecule has 0 fully saturated rings. The summed E-state index contributed by atoms with van der Waals surface area (Å²) in [6.45, 7) is -0.181. The van der Waals surface area contributed by atoms with Crippen LogP contribution in [0, 0.1) is 28.9 Å². The Morgan fingerprint density at radius 2 is 2.07 bits per heavy atom. The second-order valence-electron chi connectivity index (χ2n) is 6.67. The van der Waals surface area contributed by atoms with Gasteiger partial charge in [-0.1, -0.05) is 6.07 Å². The van der Waals surface area contributed by atoms with E-state index < -0.39 is 24.1 Å². The zero-order valence-electron chi connectivity index (χ0n) is 15.5. The molecule has 1 unspecified atom stereocenters. The first kappa shape index (κ1) is 21.4. The number of aliphatic hydroxyl groups is 1. The minimum Gasteiger partial charge on any atom is -0.402 e. The number of nitrogens with two attached hydrogens (primary N) is 2. The number of carbonyl (C=O) groups is 1. The van der Waals surface area contributed by atoms with E-state index in [-0.39, 0.29) is 36.7 Å². The fraction of sp³-hybridized carbons (Fsp3) is 0.400. The molecule has 0 saturated carbocycles. The molecule has 1 aliphatic carbocycles. The number of aliphatic hydroxyl groups excluding tert-OH is 1. The molecule has 150 valence electrons. The van der Waals surface area contributed by atoms with Gasteiger partial charge in [0.25, 0.3) is 0 Å². The fourth-order valence-corrected chi connectivity index (χ4v) is 3.35. The Morgan fingerprint density at radius 1 is 1.39 bits per heavy atom. The summed E-state index contributed by atoms with van der Waals surface area (Å²) in [6.07, 6.45) is 3.72. The van der Waals surface area contributed by atoms with Crippen molar-refractivity contribution < 1.29 is 18.7 Å². The van der Waals surface area contributed by atoms with Crippen molar-refractivity contribution in [2.75, 3.05) is 19.7 Å². The minimum atomic E-state index is -0.753. The molecular weight excluding hydrogens is 366 g/mol. The molecule has 0 heterocycles. The molecule has 1 aliphatic rings. The average Bonchev–Trinajstić information content (AvgIpc) is 2.67. The van der Waals surface area contributed by atoms with Gasteiger partial charge in [-0.15, -0.1) is 0 Å². The van der Waals surface area contributed by atoms with Gasteiger partial charge in [-0.05, 0) is 43.0 Å². The molecule has 1 aromatic carbocycles. The Labute approximate surface area is 162 Å². The number of carbonyl (C=O) groups excluding carboxylic acids is 1. The molecule has 0 aliphatic heterocycles. The summed E-state index contributed by atoms with van der Waals surface area (Å²) in [6, 6.07) is 5.50. The maximum absolute atomic E-state index is 13.9. The molecule has 0 radical (unpaired) electrons. The van der Waals surface area contributed by atoms with Gasteiger partial charge in [-0.3, -0.25) is 4.79 Å². The van der Waals surface area contributed by atoms with Crippen LogP contribution in [0.25, 0.3) is 5.70 Å². The molecular formula is C20H24F2N4O2. The number of rotatable bonds is 7. The highest BCUT2D eigenvalue weighted by atomic mass is 19.1. The van der Waals surface area contributed by atoms with E-state index in [0.29, 0.717) is 17.7 Å². The summed E-state index contributed by atoms with van der Waals surface area (Å²) in [5, 5.41) is 17.9. The normalized spacial score (nSPS) is 17.4. The van der Waals surface area contributed by atoms with Crippen LogP contribution in [0.4, 0.5) is 8.78 Å². The van der Waals surface area contributed by atoms with Crippen molar-refractivity contribution in [1.29, 1.82) is 5.26 Å². The van der Waals surface area contributed by atoms with E-state index in [9.17, 15) is 13.6 Å². The van der Waals surface area contributed by atoms with Gasteiger partial charge in [0.05, 0.1) is 18.1 Å². The number of allylic oxidation sites excluding steroid dienone is 2. The lowest BCUT2D eigenvalue weighted by Gasteiger charge is -2.30. The Morgan fingerprint density at radius 3 is 2.68 bits per heavy atom. The van der Waals surface area contributed by atoms with Crippen molar-refractivity contribution in [2.24, 2.45) is 17.4 Å². The molecule has 6 nitrogen and oxygen atoms in total. The van der Waals surface area contributed by atoms with E-state index in [1.54, 1.807) is 0 Å². The third kappa shape index (κ3) is 5.08. The highest BCUT2D eigenvalue weighted by molar-refractivity contribution is 5.77. The molecule has 8 heteroatoms. The molecule has 28 heavy (non-hydrogen) atoms. The molecule has 0 saturated heterocycles. The van der Waals surface area contributed by atoms with Gasteiger partial charge in [0, 0.05) is 30.4 Å². The number of nitriles is 1. The molecule has 0 spiro atoms. The van der Waals surface area contributed by atoms with Crippen molar-refractivity contribution in [1.82, 2.24) is 4.90 Å². The van der Waals surface area contributed by atoms with E-state index in [1.165, 1.54) is 17.0 Å². The second kappa shape index (κ2) is 9.85. The standard InChI is InChI=1S/C20H24F2N4O2/c21-15-6-2-7-16(22)19(15)17(24)10-13-4-1-5-14(20(13)25)11-26(9-3-8-23)18(28)12-27/h2,6-7,10,14,27H,1,3-5,9,11-12,24-25H2/b17-10-. The van der Waals surface area contributed by atoms with E-state index in [4.69, 9.17) is 21.8 Å². The zero-order chi connectivity index (χ0) is 20.7. The van der Waals surface area contributed by atoms with E-state index in [2.05, 4.69) is 0 Å². The average molecular weight is 390 g/mol. The Hall–Kier alpha value is -2.92. The smallest absolute Gasteiger partial charge is 0.248 e. The number of halogens is 2. The van der Waals surface area contributed by atoms with Crippen LogP contribution in [0.15, 0.2) is 35.5 Å². The topological polar surface area (TPSA) is 116 Å². The first-order chi connectivity index (χ1) is 13.4. The molecule has 1 amide bonds. The van der Waals surface area contributed by atoms with E-state index in [1.807, 2.05) is 6.07 Å². The maximum atomic E-state index is 13.9. The fourth-order valence-electron chi connectivity index (χ4n) is 3.35. The van der Waals surface area contributed by atoms with Crippen molar-refractivity contribution in [2.45, 2.75) is 25.7 Å². The molecule has 0 aromatic heterocycles. The second-order valence-corrected chi connectivity index (χ2v) is 6.67. The van der Waals surface area contributed by atoms with E-state index >= 15 is 0 Å². The van der Waals surface area contributed by atoms with E-state index in [0.717, 1.165) is 25.0 Å². The van der Waals surface area contributed by atoms with Crippen LogP contribution >= 0.6 is 0 Å². The summed E-state index contributed by atoms with van der Waals surface area (Å²) in [5.41, 5.74) is 13.0. The minimum absolute atomic E-state index is 0.0537. The monoisotopic (exact) mass is 390 g/mol. The number of hydrogen-bond donors (Lipinski definition) is 3. The number of benzene rings is 1. The molecule has 1 atom stereocenters. The van der Waals surface area contributed by atoms with Gasteiger partial charge in [-0.25, -0.2) is 8.78 Å².